The molecule has 1 aromatic rings. The molecule has 0 aliphatic rings. The van der Waals surface area contributed by atoms with Gasteiger partial charge in [-0.05, 0) is 58.5 Å². The topological polar surface area (TPSA) is 18.5 Å². The fourth-order valence-electron chi connectivity index (χ4n) is 1.58. The molecule has 19 heavy (non-hydrogen) atoms. The van der Waals surface area contributed by atoms with Crippen molar-refractivity contribution in [2.45, 2.75) is 26.1 Å². The van der Waals surface area contributed by atoms with Crippen molar-refractivity contribution in [2.24, 2.45) is 0 Å². The standard InChI is InChI=1S/C14H20BrClO2S/c1-3-17-13-9-11(10-16)8-12(15)14(13)18-6-5-7-19-4-2/h8-9H,3-7,10H2,1-2H3. The van der Waals surface area contributed by atoms with Crippen LogP contribution in [0, 0.1) is 0 Å². The van der Waals surface area contributed by atoms with Gasteiger partial charge in [0.15, 0.2) is 11.5 Å². The van der Waals surface area contributed by atoms with Gasteiger partial charge in [-0.15, -0.1) is 11.6 Å². The molecule has 1 rings (SSSR count). The molecule has 0 spiro atoms. The van der Waals surface area contributed by atoms with E-state index < -0.39 is 0 Å². The molecule has 0 atom stereocenters. The van der Waals surface area contributed by atoms with E-state index in [9.17, 15) is 0 Å². The molecule has 0 saturated carbocycles. The second-order valence-electron chi connectivity index (χ2n) is 3.87. The maximum atomic E-state index is 5.86. The Hall–Kier alpha value is -0.0600. The van der Waals surface area contributed by atoms with E-state index in [0.717, 1.165) is 39.5 Å². The molecule has 2 nitrogen and oxygen atoms in total. The van der Waals surface area contributed by atoms with Gasteiger partial charge in [0.1, 0.15) is 0 Å². The van der Waals surface area contributed by atoms with Gasteiger partial charge in [0, 0.05) is 5.88 Å². The van der Waals surface area contributed by atoms with Crippen LogP contribution >= 0.6 is 39.3 Å². The van der Waals surface area contributed by atoms with Gasteiger partial charge in [-0.3, -0.25) is 0 Å². The largest absolute Gasteiger partial charge is 0.490 e. The highest BCUT2D eigenvalue weighted by Gasteiger charge is 2.11. The predicted molar refractivity (Wildman–Crippen MR) is 88.0 cm³/mol. The number of hydrogen-bond donors (Lipinski definition) is 0. The molecule has 0 aromatic heterocycles. The SMILES string of the molecule is CCOc1cc(CCl)cc(Br)c1OCCCSCC. The van der Waals surface area contributed by atoms with Crippen molar-refractivity contribution in [3.8, 4) is 11.5 Å². The second kappa shape index (κ2) is 9.78. The fraction of sp³-hybridized carbons (Fsp3) is 0.571. The van der Waals surface area contributed by atoms with E-state index >= 15 is 0 Å². The van der Waals surface area contributed by atoms with Crippen molar-refractivity contribution >= 4 is 39.3 Å². The lowest BCUT2D eigenvalue weighted by Crippen LogP contribution is -2.03. The molecule has 5 heteroatoms. The van der Waals surface area contributed by atoms with Gasteiger partial charge in [-0.1, -0.05) is 6.92 Å². The third-order valence-electron chi connectivity index (χ3n) is 2.41. The predicted octanol–water partition coefficient (Wildman–Crippen LogP) is 5.11. The lowest BCUT2D eigenvalue weighted by atomic mass is 10.2. The van der Waals surface area contributed by atoms with Gasteiger partial charge < -0.3 is 9.47 Å². The Labute approximate surface area is 133 Å². The quantitative estimate of drug-likeness (QED) is 0.446. The van der Waals surface area contributed by atoms with Crippen LogP contribution in [-0.2, 0) is 5.88 Å². The molecule has 0 aliphatic carbocycles. The van der Waals surface area contributed by atoms with Crippen molar-refractivity contribution < 1.29 is 9.47 Å². The summed E-state index contributed by atoms with van der Waals surface area (Å²) in [5.74, 6) is 4.27. The molecule has 0 amide bonds. The van der Waals surface area contributed by atoms with Crippen LogP contribution in [0.2, 0.25) is 0 Å². The fourth-order valence-corrected chi connectivity index (χ4v) is 2.95. The summed E-state index contributed by atoms with van der Waals surface area (Å²) in [4.78, 5) is 0. The van der Waals surface area contributed by atoms with Gasteiger partial charge in [0.05, 0.1) is 17.7 Å². The zero-order chi connectivity index (χ0) is 14.1. The molecule has 0 aliphatic heterocycles. The Morgan fingerprint density at radius 3 is 2.68 bits per heavy atom. The smallest absolute Gasteiger partial charge is 0.175 e. The van der Waals surface area contributed by atoms with Crippen molar-refractivity contribution in [1.29, 1.82) is 0 Å². The second-order valence-corrected chi connectivity index (χ2v) is 6.39. The Bertz CT molecular complexity index is 388. The molecule has 108 valence electrons. The van der Waals surface area contributed by atoms with Gasteiger partial charge in [-0.25, -0.2) is 0 Å². The Morgan fingerprint density at radius 1 is 1.26 bits per heavy atom. The van der Waals surface area contributed by atoms with Gasteiger partial charge >= 0.3 is 0 Å². The first kappa shape index (κ1) is 17.0. The van der Waals surface area contributed by atoms with Crippen molar-refractivity contribution in [3.05, 3.63) is 22.2 Å². The van der Waals surface area contributed by atoms with Gasteiger partial charge in [-0.2, -0.15) is 11.8 Å². The van der Waals surface area contributed by atoms with E-state index in [4.69, 9.17) is 21.1 Å². The zero-order valence-electron chi connectivity index (χ0n) is 11.4. The molecular formula is C14H20BrClO2S. The van der Waals surface area contributed by atoms with Gasteiger partial charge in [0.25, 0.3) is 0 Å². The number of alkyl halides is 1. The normalized spacial score (nSPS) is 10.5. The highest BCUT2D eigenvalue weighted by Crippen LogP contribution is 2.37. The average Bonchev–Trinajstić information content (AvgIpc) is 2.41. The molecule has 0 bridgehead atoms. The first-order chi connectivity index (χ1) is 9.22. The van der Waals surface area contributed by atoms with Crippen molar-refractivity contribution in [2.75, 3.05) is 24.7 Å². The summed E-state index contributed by atoms with van der Waals surface area (Å²) < 4.78 is 12.4. The van der Waals surface area contributed by atoms with Crippen LogP contribution in [-0.4, -0.2) is 24.7 Å². The van der Waals surface area contributed by atoms with E-state index in [2.05, 4.69) is 22.9 Å². The molecule has 0 radical (unpaired) electrons. The molecule has 0 fully saturated rings. The monoisotopic (exact) mass is 366 g/mol. The Balaban J connectivity index is 2.68. The lowest BCUT2D eigenvalue weighted by Gasteiger charge is -2.14. The first-order valence-corrected chi connectivity index (χ1v) is 8.92. The first-order valence-electron chi connectivity index (χ1n) is 6.44. The van der Waals surface area contributed by atoms with E-state index in [0.29, 0.717) is 19.1 Å². The molecule has 0 saturated heterocycles. The van der Waals surface area contributed by atoms with Crippen LogP contribution in [0.15, 0.2) is 16.6 Å². The van der Waals surface area contributed by atoms with E-state index in [1.807, 2.05) is 30.8 Å². The summed E-state index contributed by atoms with van der Waals surface area (Å²) in [5.41, 5.74) is 1.02. The van der Waals surface area contributed by atoms with Crippen LogP contribution in [0.3, 0.4) is 0 Å². The van der Waals surface area contributed by atoms with E-state index in [1.54, 1.807) is 0 Å². The van der Waals surface area contributed by atoms with Crippen LogP contribution < -0.4 is 9.47 Å². The number of ether oxygens (including phenoxy) is 2. The minimum absolute atomic E-state index is 0.464. The number of thioether (sulfide) groups is 1. The maximum absolute atomic E-state index is 5.86. The zero-order valence-corrected chi connectivity index (χ0v) is 14.5. The van der Waals surface area contributed by atoms with Gasteiger partial charge in [0.2, 0.25) is 0 Å². The molecule has 0 N–H and O–H groups in total. The average molecular weight is 368 g/mol. The Morgan fingerprint density at radius 2 is 2.05 bits per heavy atom. The molecular weight excluding hydrogens is 348 g/mol. The minimum atomic E-state index is 0.464. The summed E-state index contributed by atoms with van der Waals surface area (Å²) in [5, 5.41) is 0. The summed E-state index contributed by atoms with van der Waals surface area (Å²) in [6.07, 6.45) is 1.04. The number of hydrogen-bond acceptors (Lipinski definition) is 3. The van der Waals surface area contributed by atoms with Crippen molar-refractivity contribution in [3.63, 3.8) is 0 Å². The summed E-state index contributed by atoms with van der Waals surface area (Å²) in [6.45, 7) is 5.44. The van der Waals surface area contributed by atoms with E-state index in [-0.39, 0.29) is 0 Å². The van der Waals surface area contributed by atoms with Crippen LogP contribution in [0.25, 0.3) is 0 Å². The minimum Gasteiger partial charge on any atom is -0.490 e. The van der Waals surface area contributed by atoms with Crippen molar-refractivity contribution in [1.82, 2.24) is 0 Å². The summed E-state index contributed by atoms with van der Waals surface area (Å²) in [6, 6.07) is 3.92. The van der Waals surface area contributed by atoms with Crippen LogP contribution in [0.1, 0.15) is 25.8 Å². The maximum Gasteiger partial charge on any atom is 0.175 e. The number of rotatable bonds is 9. The highest BCUT2D eigenvalue weighted by molar-refractivity contribution is 9.10. The van der Waals surface area contributed by atoms with E-state index in [1.165, 1.54) is 0 Å². The third kappa shape index (κ3) is 5.84. The number of benzene rings is 1. The highest BCUT2D eigenvalue weighted by atomic mass is 79.9. The number of halogens is 2. The van der Waals surface area contributed by atoms with Crippen LogP contribution in [0.4, 0.5) is 0 Å². The molecule has 0 heterocycles. The summed E-state index contributed by atoms with van der Waals surface area (Å²) >= 11 is 11.3. The van der Waals surface area contributed by atoms with Crippen LogP contribution in [0.5, 0.6) is 11.5 Å². The summed E-state index contributed by atoms with van der Waals surface area (Å²) in [7, 11) is 0. The lowest BCUT2D eigenvalue weighted by molar-refractivity contribution is 0.276. The third-order valence-corrected chi connectivity index (χ3v) is 4.29. The Kier molecular flexibility index (Phi) is 8.75. The molecule has 0 unspecified atom stereocenters. The molecule has 1 aromatic carbocycles.